The van der Waals surface area contributed by atoms with E-state index < -0.39 is 16.1 Å². The van der Waals surface area contributed by atoms with E-state index in [1.807, 2.05) is 0 Å². The highest BCUT2D eigenvalue weighted by atomic mass is 32.2. The third-order valence-electron chi connectivity index (χ3n) is 4.70. The SMILES string of the molecule is COC(=O)C1CCN(C(=O)C(C)Oc2ccc(N(C)S(C)(=O)=O)cc2)CC1. The quantitative estimate of drug-likeness (QED) is 0.670. The Morgan fingerprint density at radius 3 is 2.22 bits per heavy atom. The average molecular weight is 398 g/mol. The number of rotatable bonds is 6. The number of carbonyl (C=O) groups is 2. The van der Waals surface area contributed by atoms with E-state index in [1.54, 1.807) is 36.1 Å². The molecule has 0 saturated carbocycles. The van der Waals surface area contributed by atoms with Gasteiger partial charge in [0.15, 0.2) is 6.10 Å². The Kier molecular flexibility index (Phi) is 6.69. The van der Waals surface area contributed by atoms with Gasteiger partial charge in [-0.05, 0) is 44.0 Å². The smallest absolute Gasteiger partial charge is 0.308 e. The van der Waals surface area contributed by atoms with Crippen molar-refractivity contribution in [3.63, 3.8) is 0 Å². The number of methoxy groups -OCH3 is 1. The van der Waals surface area contributed by atoms with Gasteiger partial charge in [0.25, 0.3) is 5.91 Å². The van der Waals surface area contributed by atoms with Crippen molar-refractivity contribution < 1.29 is 27.5 Å². The van der Waals surface area contributed by atoms with Crippen molar-refractivity contribution in [2.45, 2.75) is 25.9 Å². The molecule has 1 unspecified atom stereocenters. The number of benzene rings is 1. The largest absolute Gasteiger partial charge is 0.481 e. The summed E-state index contributed by atoms with van der Waals surface area (Å²) in [6.45, 7) is 2.65. The lowest BCUT2D eigenvalue weighted by Gasteiger charge is -2.32. The molecule has 27 heavy (non-hydrogen) atoms. The van der Waals surface area contributed by atoms with Crippen LogP contribution in [-0.4, -0.2) is 64.8 Å². The van der Waals surface area contributed by atoms with Crippen LogP contribution in [0.3, 0.4) is 0 Å². The second-order valence-corrected chi connectivity index (χ2v) is 8.62. The van der Waals surface area contributed by atoms with Gasteiger partial charge < -0.3 is 14.4 Å². The Hall–Kier alpha value is -2.29. The number of piperidine rings is 1. The Bertz CT molecular complexity index is 770. The van der Waals surface area contributed by atoms with Crippen molar-refractivity contribution in [1.29, 1.82) is 0 Å². The predicted molar refractivity (Wildman–Crippen MR) is 101 cm³/mol. The number of sulfonamides is 1. The fourth-order valence-corrected chi connectivity index (χ4v) is 3.44. The van der Waals surface area contributed by atoms with E-state index in [4.69, 9.17) is 9.47 Å². The summed E-state index contributed by atoms with van der Waals surface area (Å²) in [5, 5.41) is 0. The first-order valence-corrected chi connectivity index (χ1v) is 10.6. The van der Waals surface area contributed by atoms with Gasteiger partial charge in [-0.3, -0.25) is 13.9 Å². The Labute approximate surface area is 160 Å². The maximum atomic E-state index is 12.6. The first-order valence-electron chi connectivity index (χ1n) is 8.70. The third kappa shape index (κ3) is 5.35. The highest BCUT2D eigenvalue weighted by Crippen LogP contribution is 2.23. The fourth-order valence-electron chi connectivity index (χ4n) is 2.94. The van der Waals surface area contributed by atoms with Crippen molar-refractivity contribution in [1.82, 2.24) is 4.90 Å². The number of carbonyl (C=O) groups excluding carboxylic acids is 2. The normalized spacial score (nSPS) is 16.5. The minimum atomic E-state index is -3.33. The molecule has 1 amide bonds. The molecule has 0 aliphatic carbocycles. The van der Waals surface area contributed by atoms with Gasteiger partial charge in [0, 0.05) is 20.1 Å². The van der Waals surface area contributed by atoms with E-state index in [1.165, 1.54) is 14.2 Å². The predicted octanol–water partition coefficient (Wildman–Crippen LogP) is 1.26. The molecule has 1 heterocycles. The van der Waals surface area contributed by atoms with Crippen LogP contribution in [0, 0.1) is 5.92 Å². The van der Waals surface area contributed by atoms with Crippen LogP contribution in [-0.2, 0) is 24.3 Å². The molecular weight excluding hydrogens is 372 g/mol. The van der Waals surface area contributed by atoms with Gasteiger partial charge in [-0.15, -0.1) is 0 Å². The zero-order valence-electron chi connectivity index (χ0n) is 16.0. The fraction of sp³-hybridized carbons (Fsp3) is 0.556. The molecule has 1 aliphatic rings. The van der Waals surface area contributed by atoms with E-state index in [9.17, 15) is 18.0 Å². The highest BCUT2D eigenvalue weighted by molar-refractivity contribution is 7.92. The number of amides is 1. The van der Waals surface area contributed by atoms with E-state index in [0.29, 0.717) is 37.4 Å². The maximum absolute atomic E-state index is 12.6. The first-order chi connectivity index (χ1) is 12.6. The molecule has 1 aromatic carbocycles. The van der Waals surface area contributed by atoms with Crippen LogP contribution in [0.5, 0.6) is 5.75 Å². The molecule has 150 valence electrons. The lowest BCUT2D eigenvalue weighted by Crippen LogP contribution is -2.45. The van der Waals surface area contributed by atoms with Crippen molar-refractivity contribution in [3.05, 3.63) is 24.3 Å². The van der Waals surface area contributed by atoms with E-state index in [2.05, 4.69) is 0 Å². The lowest BCUT2D eigenvalue weighted by molar-refractivity contribution is -0.150. The maximum Gasteiger partial charge on any atom is 0.308 e. The van der Waals surface area contributed by atoms with Crippen LogP contribution >= 0.6 is 0 Å². The molecule has 1 aliphatic heterocycles. The number of hydrogen-bond acceptors (Lipinski definition) is 6. The van der Waals surface area contributed by atoms with Gasteiger partial charge in [0.2, 0.25) is 10.0 Å². The number of esters is 1. The Balaban J connectivity index is 1.92. The van der Waals surface area contributed by atoms with Gasteiger partial charge in [-0.25, -0.2) is 8.42 Å². The van der Waals surface area contributed by atoms with Crippen LogP contribution in [0.15, 0.2) is 24.3 Å². The Morgan fingerprint density at radius 2 is 1.74 bits per heavy atom. The van der Waals surface area contributed by atoms with Gasteiger partial charge in [-0.2, -0.15) is 0 Å². The average Bonchev–Trinajstić information content (AvgIpc) is 2.66. The zero-order chi connectivity index (χ0) is 20.2. The monoisotopic (exact) mass is 398 g/mol. The molecule has 1 atom stereocenters. The minimum absolute atomic E-state index is 0.143. The zero-order valence-corrected chi connectivity index (χ0v) is 16.9. The molecule has 0 bridgehead atoms. The standard InChI is InChI=1S/C18H26N2O6S/c1-13(17(21)20-11-9-14(10-12-20)18(22)25-3)26-16-7-5-15(6-8-16)19(2)27(4,23)24/h5-8,13-14H,9-12H2,1-4H3. The molecule has 0 radical (unpaired) electrons. The molecule has 2 rings (SSSR count). The molecule has 1 aromatic rings. The Morgan fingerprint density at radius 1 is 1.19 bits per heavy atom. The lowest BCUT2D eigenvalue weighted by atomic mass is 9.97. The molecule has 9 heteroatoms. The van der Waals surface area contributed by atoms with Crippen LogP contribution in [0.1, 0.15) is 19.8 Å². The summed E-state index contributed by atoms with van der Waals surface area (Å²) in [4.78, 5) is 25.8. The topological polar surface area (TPSA) is 93.2 Å². The van der Waals surface area contributed by atoms with Gasteiger partial charge in [0.1, 0.15) is 5.75 Å². The van der Waals surface area contributed by atoms with E-state index in [0.717, 1.165) is 10.6 Å². The van der Waals surface area contributed by atoms with Crippen LogP contribution < -0.4 is 9.04 Å². The van der Waals surface area contributed by atoms with Crippen molar-refractivity contribution >= 4 is 27.6 Å². The molecule has 0 aromatic heterocycles. The van der Waals surface area contributed by atoms with Crippen molar-refractivity contribution in [2.75, 3.05) is 37.8 Å². The van der Waals surface area contributed by atoms with Crippen molar-refractivity contribution in [2.24, 2.45) is 5.92 Å². The molecule has 0 N–H and O–H groups in total. The summed E-state index contributed by atoms with van der Waals surface area (Å²) in [5.41, 5.74) is 0.508. The second kappa shape index (κ2) is 8.60. The minimum Gasteiger partial charge on any atom is -0.481 e. The van der Waals surface area contributed by atoms with Gasteiger partial charge in [0.05, 0.1) is 25.0 Å². The van der Waals surface area contributed by atoms with Gasteiger partial charge >= 0.3 is 5.97 Å². The summed E-state index contributed by atoms with van der Waals surface area (Å²) < 4.78 is 34.7. The summed E-state index contributed by atoms with van der Waals surface area (Å²) >= 11 is 0. The van der Waals surface area contributed by atoms with Crippen LogP contribution in [0.2, 0.25) is 0 Å². The summed E-state index contributed by atoms with van der Waals surface area (Å²) in [6, 6.07) is 6.50. The summed E-state index contributed by atoms with van der Waals surface area (Å²) in [5.74, 6) is -0.0539. The first kappa shape index (κ1) is 21.0. The third-order valence-corrected chi connectivity index (χ3v) is 5.91. The van der Waals surface area contributed by atoms with Crippen LogP contribution in [0.4, 0.5) is 5.69 Å². The molecule has 1 fully saturated rings. The molecule has 0 spiro atoms. The highest BCUT2D eigenvalue weighted by Gasteiger charge is 2.30. The van der Waals surface area contributed by atoms with Crippen molar-refractivity contribution in [3.8, 4) is 5.75 Å². The molecule has 8 nitrogen and oxygen atoms in total. The van der Waals surface area contributed by atoms with Crippen LogP contribution in [0.25, 0.3) is 0 Å². The summed E-state index contributed by atoms with van der Waals surface area (Å²) in [7, 11) is -0.496. The number of hydrogen-bond donors (Lipinski definition) is 0. The second-order valence-electron chi connectivity index (χ2n) is 6.61. The number of likely N-dealkylation sites (tertiary alicyclic amines) is 1. The summed E-state index contributed by atoms with van der Waals surface area (Å²) in [6.07, 6.45) is 1.61. The molecule has 1 saturated heterocycles. The number of ether oxygens (including phenoxy) is 2. The van der Waals surface area contributed by atoms with E-state index >= 15 is 0 Å². The van der Waals surface area contributed by atoms with E-state index in [-0.39, 0.29) is 17.8 Å². The molecular formula is C18H26N2O6S. The number of anilines is 1. The van der Waals surface area contributed by atoms with Gasteiger partial charge in [-0.1, -0.05) is 0 Å². The number of nitrogens with zero attached hydrogens (tertiary/aromatic N) is 2.